The van der Waals surface area contributed by atoms with Crippen LogP contribution in [-0.2, 0) is 0 Å². The molecule has 0 bridgehead atoms. The largest absolute Gasteiger partial charge is 0.332 e. The zero-order valence-electron chi connectivity index (χ0n) is 14.5. The molecule has 27 heavy (non-hydrogen) atoms. The summed E-state index contributed by atoms with van der Waals surface area (Å²) in [5.41, 5.74) is 4.46. The first-order chi connectivity index (χ1) is 13.1. The van der Waals surface area contributed by atoms with Crippen LogP contribution in [0.15, 0.2) is 66.7 Å². The van der Waals surface area contributed by atoms with E-state index in [0.717, 1.165) is 21.8 Å². The standard InChI is InChI=1S/C21H16FN3S2/c1-13-6-11-18-19(12-13)27-20(24-18)14-7-9-15(10-8-14)23-21(26)25-17-5-3-2-4-16(17)22/h2-12H,1H3,(H2,23,25,26). The number of hydrogen-bond donors (Lipinski definition) is 2. The summed E-state index contributed by atoms with van der Waals surface area (Å²) < 4.78 is 14.9. The highest BCUT2D eigenvalue weighted by Gasteiger charge is 2.07. The van der Waals surface area contributed by atoms with Gasteiger partial charge in [0.2, 0.25) is 0 Å². The van der Waals surface area contributed by atoms with Gasteiger partial charge in [-0.05, 0) is 73.2 Å². The molecule has 1 heterocycles. The fraction of sp³-hybridized carbons (Fsp3) is 0.0476. The molecule has 1 aromatic heterocycles. The second-order valence-corrected chi connectivity index (χ2v) is 7.57. The first-order valence-corrected chi connectivity index (χ1v) is 9.61. The van der Waals surface area contributed by atoms with E-state index in [4.69, 9.17) is 17.2 Å². The molecule has 3 nitrogen and oxygen atoms in total. The topological polar surface area (TPSA) is 37.0 Å². The van der Waals surface area contributed by atoms with Crippen molar-refractivity contribution in [2.24, 2.45) is 0 Å². The summed E-state index contributed by atoms with van der Waals surface area (Å²) in [6.45, 7) is 2.08. The minimum absolute atomic E-state index is 0.336. The monoisotopic (exact) mass is 393 g/mol. The lowest BCUT2D eigenvalue weighted by Crippen LogP contribution is -2.19. The van der Waals surface area contributed by atoms with Gasteiger partial charge in [-0.2, -0.15) is 0 Å². The molecular weight excluding hydrogens is 377 g/mol. The van der Waals surface area contributed by atoms with Gasteiger partial charge in [-0.1, -0.05) is 18.2 Å². The van der Waals surface area contributed by atoms with E-state index >= 15 is 0 Å². The first kappa shape index (κ1) is 17.6. The second kappa shape index (κ2) is 7.42. The summed E-state index contributed by atoms with van der Waals surface area (Å²) in [5.74, 6) is -0.344. The SMILES string of the molecule is Cc1ccc2nc(-c3ccc(NC(=S)Nc4ccccc4F)cc3)sc2c1. The lowest BCUT2D eigenvalue weighted by atomic mass is 10.2. The van der Waals surface area contributed by atoms with E-state index in [1.807, 2.05) is 30.3 Å². The van der Waals surface area contributed by atoms with Crippen molar-refractivity contribution >= 4 is 50.3 Å². The van der Waals surface area contributed by atoms with Gasteiger partial charge in [0.1, 0.15) is 10.8 Å². The van der Waals surface area contributed by atoms with Crippen LogP contribution in [-0.4, -0.2) is 10.1 Å². The molecule has 0 unspecified atom stereocenters. The van der Waals surface area contributed by atoms with E-state index in [0.29, 0.717) is 10.8 Å². The van der Waals surface area contributed by atoms with Crippen molar-refractivity contribution < 1.29 is 4.39 Å². The highest BCUT2D eigenvalue weighted by molar-refractivity contribution is 7.80. The van der Waals surface area contributed by atoms with Crippen LogP contribution in [0.3, 0.4) is 0 Å². The molecule has 0 aliphatic heterocycles. The van der Waals surface area contributed by atoms with Gasteiger partial charge in [0.05, 0.1) is 15.9 Å². The smallest absolute Gasteiger partial charge is 0.175 e. The number of fused-ring (bicyclic) bond motifs is 1. The predicted molar refractivity (Wildman–Crippen MR) is 116 cm³/mol. The highest BCUT2D eigenvalue weighted by Crippen LogP contribution is 2.31. The molecule has 0 aliphatic carbocycles. The number of hydrogen-bond acceptors (Lipinski definition) is 3. The van der Waals surface area contributed by atoms with Gasteiger partial charge in [0.25, 0.3) is 0 Å². The first-order valence-electron chi connectivity index (χ1n) is 8.39. The summed E-state index contributed by atoms with van der Waals surface area (Å²) in [4.78, 5) is 4.70. The number of para-hydroxylation sites is 1. The van der Waals surface area contributed by atoms with Crippen molar-refractivity contribution in [3.8, 4) is 10.6 Å². The van der Waals surface area contributed by atoms with E-state index in [1.54, 1.807) is 29.5 Å². The number of aromatic nitrogens is 1. The van der Waals surface area contributed by atoms with Crippen LogP contribution in [0, 0.1) is 12.7 Å². The third kappa shape index (κ3) is 3.97. The molecule has 0 fully saturated rings. The number of anilines is 2. The van der Waals surface area contributed by atoms with E-state index in [-0.39, 0.29) is 5.82 Å². The maximum absolute atomic E-state index is 13.7. The van der Waals surface area contributed by atoms with Gasteiger partial charge < -0.3 is 10.6 Å². The Morgan fingerprint density at radius 3 is 2.56 bits per heavy atom. The molecule has 6 heteroatoms. The van der Waals surface area contributed by atoms with Gasteiger partial charge in [-0.15, -0.1) is 11.3 Å². The van der Waals surface area contributed by atoms with Gasteiger partial charge in [0, 0.05) is 11.3 Å². The minimum Gasteiger partial charge on any atom is -0.332 e. The van der Waals surface area contributed by atoms with E-state index in [9.17, 15) is 4.39 Å². The Hall–Kier alpha value is -2.83. The van der Waals surface area contributed by atoms with Crippen LogP contribution < -0.4 is 10.6 Å². The lowest BCUT2D eigenvalue weighted by molar-refractivity contribution is 0.632. The Balaban J connectivity index is 1.48. The second-order valence-electron chi connectivity index (χ2n) is 6.13. The van der Waals surface area contributed by atoms with Crippen molar-refractivity contribution in [2.45, 2.75) is 6.92 Å². The fourth-order valence-electron chi connectivity index (χ4n) is 2.70. The summed E-state index contributed by atoms with van der Waals surface area (Å²) in [7, 11) is 0. The third-order valence-electron chi connectivity index (χ3n) is 4.06. The number of halogens is 1. The molecule has 0 saturated carbocycles. The quantitative estimate of drug-likeness (QED) is 0.405. The Morgan fingerprint density at radius 2 is 1.78 bits per heavy atom. The van der Waals surface area contributed by atoms with Crippen molar-refractivity contribution in [3.63, 3.8) is 0 Å². The van der Waals surface area contributed by atoms with Crippen LogP contribution in [0.2, 0.25) is 0 Å². The highest BCUT2D eigenvalue weighted by atomic mass is 32.1. The van der Waals surface area contributed by atoms with Gasteiger partial charge in [-0.25, -0.2) is 9.37 Å². The van der Waals surface area contributed by atoms with Crippen LogP contribution in [0.1, 0.15) is 5.56 Å². The molecule has 0 saturated heterocycles. The minimum atomic E-state index is -0.344. The molecule has 0 atom stereocenters. The molecule has 2 N–H and O–H groups in total. The normalized spacial score (nSPS) is 10.7. The Morgan fingerprint density at radius 1 is 1.00 bits per heavy atom. The van der Waals surface area contributed by atoms with E-state index in [2.05, 4.69) is 29.7 Å². The average Bonchev–Trinajstić information content (AvgIpc) is 3.07. The van der Waals surface area contributed by atoms with Crippen molar-refractivity contribution in [2.75, 3.05) is 10.6 Å². The maximum Gasteiger partial charge on any atom is 0.175 e. The Labute approximate surface area is 165 Å². The van der Waals surface area contributed by atoms with Crippen LogP contribution >= 0.6 is 23.6 Å². The molecule has 4 rings (SSSR count). The van der Waals surface area contributed by atoms with Crippen LogP contribution in [0.25, 0.3) is 20.8 Å². The number of nitrogens with one attached hydrogen (secondary N) is 2. The van der Waals surface area contributed by atoms with Crippen LogP contribution in [0.4, 0.5) is 15.8 Å². The van der Waals surface area contributed by atoms with Crippen LogP contribution in [0.5, 0.6) is 0 Å². The van der Waals surface area contributed by atoms with Gasteiger partial charge >= 0.3 is 0 Å². The number of benzene rings is 3. The maximum atomic E-state index is 13.7. The predicted octanol–water partition coefficient (Wildman–Crippen LogP) is 6.22. The van der Waals surface area contributed by atoms with Crippen molar-refractivity contribution in [1.29, 1.82) is 0 Å². The number of thiazole rings is 1. The lowest BCUT2D eigenvalue weighted by Gasteiger charge is -2.11. The zero-order chi connectivity index (χ0) is 18.8. The molecular formula is C21H16FN3S2. The number of rotatable bonds is 3. The average molecular weight is 394 g/mol. The number of nitrogens with zero attached hydrogens (tertiary/aromatic N) is 1. The molecule has 134 valence electrons. The molecule has 0 spiro atoms. The Kier molecular flexibility index (Phi) is 4.83. The van der Waals surface area contributed by atoms with E-state index in [1.165, 1.54) is 16.3 Å². The van der Waals surface area contributed by atoms with E-state index < -0.39 is 0 Å². The summed E-state index contributed by atoms with van der Waals surface area (Å²) in [6.07, 6.45) is 0. The molecule has 0 radical (unpaired) electrons. The number of aryl methyl sites for hydroxylation is 1. The fourth-order valence-corrected chi connectivity index (χ4v) is 4.00. The zero-order valence-corrected chi connectivity index (χ0v) is 16.1. The van der Waals surface area contributed by atoms with Gasteiger partial charge in [0.15, 0.2) is 5.11 Å². The van der Waals surface area contributed by atoms with Gasteiger partial charge in [-0.3, -0.25) is 0 Å². The summed E-state index contributed by atoms with van der Waals surface area (Å²) in [5, 5.41) is 7.25. The summed E-state index contributed by atoms with van der Waals surface area (Å²) in [6, 6.07) is 20.6. The number of thiocarbonyl (C=S) groups is 1. The molecule has 3 aromatic carbocycles. The molecule has 0 amide bonds. The molecule has 0 aliphatic rings. The third-order valence-corrected chi connectivity index (χ3v) is 5.33. The summed E-state index contributed by atoms with van der Waals surface area (Å²) >= 11 is 6.94. The Bertz CT molecular complexity index is 1120. The van der Waals surface area contributed by atoms with Crippen molar-refractivity contribution in [1.82, 2.24) is 4.98 Å². The molecule has 4 aromatic rings. The van der Waals surface area contributed by atoms with Crippen molar-refractivity contribution in [3.05, 3.63) is 78.1 Å².